The molecule has 1 aliphatic heterocycles. The van der Waals surface area contributed by atoms with Gasteiger partial charge in [-0.05, 0) is 30.3 Å². The summed E-state index contributed by atoms with van der Waals surface area (Å²) in [5.41, 5.74) is 1.58. The lowest BCUT2D eigenvalue weighted by molar-refractivity contribution is 0.102. The van der Waals surface area contributed by atoms with Crippen LogP contribution in [-0.2, 0) is 4.74 Å². The lowest BCUT2D eigenvalue weighted by Crippen LogP contribution is -2.36. The summed E-state index contributed by atoms with van der Waals surface area (Å²) in [6, 6.07) is 10.5. The number of hydrogen-bond donors (Lipinski definition) is 1. The van der Waals surface area contributed by atoms with E-state index in [1.54, 1.807) is 6.07 Å². The number of carbonyl (C=O) groups excluding carboxylic acids is 1. The molecule has 0 spiro atoms. The van der Waals surface area contributed by atoms with Gasteiger partial charge in [0.2, 0.25) is 0 Å². The van der Waals surface area contributed by atoms with E-state index in [0.717, 1.165) is 30.9 Å². The normalized spacial score (nSPS) is 14.6. The van der Waals surface area contributed by atoms with E-state index < -0.39 is 17.5 Å². The maximum atomic E-state index is 13.3. The van der Waals surface area contributed by atoms with Crippen molar-refractivity contribution in [3.63, 3.8) is 0 Å². The number of hydrogen-bond acceptors (Lipinski definition) is 3. The summed E-state index contributed by atoms with van der Waals surface area (Å²) >= 11 is 0. The molecule has 0 bridgehead atoms. The summed E-state index contributed by atoms with van der Waals surface area (Å²) in [6.45, 7) is 2.73. The Labute approximate surface area is 132 Å². The van der Waals surface area contributed by atoms with Gasteiger partial charge in [-0.15, -0.1) is 0 Å². The van der Waals surface area contributed by atoms with Crippen LogP contribution in [0.4, 0.5) is 20.2 Å². The first-order chi connectivity index (χ1) is 11.1. The maximum absolute atomic E-state index is 13.3. The minimum atomic E-state index is -1.04. The van der Waals surface area contributed by atoms with Crippen molar-refractivity contribution in [1.82, 2.24) is 0 Å². The van der Waals surface area contributed by atoms with Crippen molar-refractivity contribution in [2.45, 2.75) is 0 Å². The molecule has 0 radical (unpaired) electrons. The van der Waals surface area contributed by atoms with Crippen molar-refractivity contribution in [3.05, 3.63) is 59.7 Å². The van der Waals surface area contributed by atoms with Crippen LogP contribution < -0.4 is 10.2 Å². The van der Waals surface area contributed by atoms with Crippen molar-refractivity contribution >= 4 is 17.3 Å². The number of nitrogens with zero attached hydrogens (tertiary/aromatic N) is 1. The molecule has 1 N–H and O–H groups in total. The monoisotopic (exact) mass is 318 g/mol. The zero-order valence-electron chi connectivity index (χ0n) is 12.4. The van der Waals surface area contributed by atoms with Gasteiger partial charge in [-0.1, -0.05) is 12.1 Å². The summed E-state index contributed by atoms with van der Waals surface area (Å²) in [4.78, 5) is 14.4. The Morgan fingerprint density at radius 2 is 1.78 bits per heavy atom. The largest absolute Gasteiger partial charge is 0.378 e. The highest BCUT2D eigenvalue weighted by atomic mass is 19.2. The van der Waals surface area contributed by atoms with Gasteiger partial charge >= 0.3 is 0 Å². The van der Waals surface area contributed by atoms with Crippen LogP contribution in [0.3, 0.4) is 0 Å². The molecular formula is C17H16F2N2O2. The number of rotatable bonds is 3. The third-order valence-electron chi connectivity index (χ3n) is 3.69. The van der Waals surface area contributed by atoms with E-state index in [2.05, 4.69) is 10.2 Å². The van der Waals surface area contributed by atoms with Gasteiger partial charge in [0.05, 0.1) is 24.6 Å². The molecule has 2 aromatic rings. The fourth-order valence-electron chi connectivity index (χ4n) is 2.49. The number of morpholine rings is 1. The molecule has 1 heterocycles. The molecule has 23 heavy (non-hydrogen) atoms. The first-order valence-electron chi connectivity index (χ1n) is 7.33. The number of amides is 1. The number of para-hydroxylation sites is 2. The summed E-state index contributed by atoms with van der Waals surface area (Å²) in [7, 11) is 0. The molecule has 0 aliphatic carbocycles. The van der Waals surface area contributed by atoms with Gasteiger partial charge in [-0.3, -0.25) is 4.79 Å². The molecule has 0 aromatic heterocycles. The number of carbonyl (C=O) groups is 1. The van der Waals surface area contributed by atoms with Gasteiger partial charge in [0, 0.05) is 18.7 Å². The second-order valence-corrected chi connectivity index (χ2v) is 5.20. The molecule has 120 valence electrons. The van der Waals surface area contributed by atoms with E-state index in [1.165, 1.54) is 6.07 Å². The minimum absolute atomic E-state index is 0.0701. The zero-order valence-corrected chi connectivity index (χ0v) is 12.4. The molecule has 4 nitrogen and oxygen atoms in total. The van der Waals surface area contributed by atoms with Gasteiger partial charge in [0.25, 0.3) is 5.91 Å². The van der Waals surface area contributed by atoms with E-state index >= 15 is 0 Å². The van der Waals surface area contributed by atoms with Gasteiger partial charge in [-0.2, -0.15) is 0 Å². The molecule has 0 unspecified atom stereocenters. The first kappa shape index (κ1) is 15.4. The Kier molecular flexibility index (Phi) is 4.52. The lowest BCUT2D eigenvalue weighted by atomic mass is 10.1. The smallest absolute Gasteiger partial charge is 0.255 e. The summed E-state index contributed by atoms with van der Waals surface area (Å²) in [5.74, 6) is -2.50. The summed E-state index contributed by atoms with van der Waals surface area (Å²) in [5, 5.41) is 2.76. The van der Waals surface area contributed by atoms with E-state index in [4.69, 9.17) is 4.74 Å². The van der Waals surface area contributed by atoms with Crippen LogP contribution in [0, 0.1) is 11.6 Å². The number of nitrogens with one attached hydrogen (secondary N) is 1. The van der Waals surface area contributed by atoms with Crippen LogP contribution in [0.2, 0.25) is 0 Å². The van der Waals surface area contributed by atoms with Gasteiger partial charge < -0.3 is 15.0 Å². The number of ether oxygens (including phenoxy) is 1. The number of benzene rings is 2. The van der Waals surface area contributed by atoms with Crippen molar-refractivity contribution < 1.29 is 18.3 Å². The van der Waals surface area contributed by atoms with Crippen LogP contribution in [0.1, 0.15) is 10.4 Å². The Bertz CT molecular complexity index is 715. The molecule has 2 aromatic carbocycles. The minimum Gasteiger partial charge on any atom is -0.378 e. The molecule has 1 fully saturated rings. The van der Waals surface area contributed by atoms with E-state index in [0.29, 0.717) is 18.9 Å². The van der Waals surface area contributed by atoms with E-state index in [1.807, 2.05) is 18.2 Å². The predicted octanol–water partition coefficient (Wildman–Crippen LogP) is 3.05. The molecule has 3 rings (SSSR count). The topological polar surface area (TPSA) is 41.6 Å². The molecule has 0 saturated carbocycles. The van der Waals surface area contributed by atoms with Crippen molar-refractivity contribution in [1.29, 1.82) is 0 Å². The SMILES string of the molecule is O=C(Nc1ccccc1N1CCOCC1)c1ccc(F)c(F)c1. The Balaban J connectivity index is 1.82. The lowest BCUT2D eigenvalue weighted by Gasteiger charge is -2.30. The number of anilines is 2. The second kappa shape index (κ2) is 6.75. The van der Waals surface area contributed by atoms with Crippen molar-refractivity contribution in [2.24, 2.45) is 0 Å². The van der Waals surface area contributed by atoms with Gasteiger partial charge in [0.15, 0.2) is 11.6 Å². The zero-order chi connectivity index (χ0) is 16.2. The third-order valence-corrected chi connectivity index (χ3v) is 3.69. The maximum Gasteiger partial charge on any atom is 0.255 e. The van der Waals surface area contributed by atoms with Crippen LogP contribution in [0.5, 0.6) is 0 Å². The highest BCUT2D eigenvalue weighted by molar-refractivity contribution is 6.05. The second-order valence-electron chi connectivity index (χ2n) is 5.20. The third kappa shape index (κ3) is 3.48. The van der Waals surface area contributed by atoms with Crippen molar-refractivity contribution in [2.75, 3.05) is 36.5 Å². The molecule has 1 saturated heterocycles. The fraction of sp³-hybridized carbons (Fsp3) is 0.235. The Hall–Kier alpha value is -2.47. The van der Waals surface area contributed by atoms with Crippen LogP contribution in [-0.4, -0.2) is 32.2 Å². The molecule has 0 atom stereocenters. The van der Waals surface area contributed by atoms with E-state index in [-0.39, 0.29) is 5.56 Å². The molecule has 6 heteroatoms. The quantitative estimate of drug-likeness (QED) is 0.946. The molecular weight excluding hydrogens is 302 g/mol. The summed E-state index contributed by atoms with van der Waals surface area (Å²) in [6.07, 6.45) is 0. The average Bonchev–Trinajstić information content (AvgIpc) is 2.58. The predicted molar refractivity (Wildman–Crippen MR) is 83.8 cm³/mol. The highest BCUT2D eigenvalue weighted by Crippen LogP contribution is 2.27. The molecule has 1 aliphatic rings. The highest BCUT2D eigenvalue weighted by Gasteiger charge is 2.17. The van der Waals surface area contributed by atoms with Crippen LogP contribution in [0.15, 0.2) is 42.5 Å². The fourth-order valence-corrected chi connectivity index (χ4v) is 2.49. The van der Waals surface area contributed by atoms with Crippen LogP contribution >= 0.6 is 0 Å². The standard InChI is InChI=1S/C17H16F2N2O2/c18-13-6-5-12(11-14(13)19)17(22)20-15-3-1-2-4-16(15)21-7-9-23-10-8-21/h1-6,11H,7-10H2,(H,20,22). The number of halogens is 2. The van der Waals surface area contributed by atoms with Crippen molar-refractivity contribution in [3.8, 4) is 0 Å². The first-order valence-corrected chi connectivity index (χ1v) is 7.33. The molecule has 1 amide bonds. The van der Waals surface area contributed by atoms with Gasteiger partial charge in [0.1, 0.15) is 0 Å². The summed E-state index contributed by atoms with van der Waals surface area (Å²) < 4.78 is 31.6. The average molecular weight is 318 g/mol. The van der Waals surface area contributed by atoms with E-state index in [9.17, 15) is 13.6 Å². The Morgan fingerprint density at radius 3 is 2.52 bits per heavy atom. The van der Waals surface area contributed by atoms with Crippen LogP contribution in [0.25, 0.3) is 0 Å². The van der Waals surface area contributed by atoms with Gasteiger partial charge in [-0.25, -0.2) is 8.78 Å². The Morgan fingerprint density at radius 1 is 1.04 bits per heavy atom.